The quantitative estimate of drug-likeness (QED) is 0.676. The van der Waals surface area contributed by atoms with Crippen LogP contribution >= 0.6 is 0 Å². The second-order valence-corrected chi connectivity index (χ2v) is 4.34. The molecule has 0 aromatic carbocycles. The molecule has 0 aromatic heterocycles. The summed E-state index contributed by atoms with van der Waals surface area (Å²) in [4.78, 5) is 0. The highest BCUT2D eigenvalue weighted by Gasteiger charge is 2.19. The Morgan fingerprint density at radius 1 is 1.46 bits per heavy atom. The molecule has 13 heavy (non-hydrogen) atoms. The summed E-state index contributed by atoms with van der Waals surface area (Å²) < 4.78 is 5.65. The zero-order valence-corrected chi connectivity index (χ0v) is 8.46. The maximum atomic E-state index is 8.91. The highest BCUT2D eigenvalue weighted by atomic mass is 16.5. The summed E-state index contributed by atoms with van der Waals surface area (Å²) in [7, 11) is 0. The molecule has 1 rings (SSSR count). The Morgan fingerprint density at radius 2 is 2.08 bits per heavy atom. The van der Waals surface area contributed by atoms with Gasteiger partial charge in [0.15, 0.2) is 0 Å². The summed E-state index contributed by atoms with van der Waals surface area (Å²) in [5.41, 5.74) is 5.30. The van der Waals surface area contributed by atoms with E-state index in [9.17, 15) is 0 Å². The maximum absolute atomic E-state index is 8.91. The van der Waals surface area contributed by atoms with Crippen molar-refractivity contribution in [3.05, 3.63) is 0 Å². The van der Waals surface area contributed by atoms with Gasteiger partial charge in [0.25, 0.3) is 0 Å². The van der Waals surface area contributed by atoms with Crippen LogP contribution in [0.5, 0.6) is 0 Å². The van der Waals surface area contributed by atoms with E-state index in [2.05, 4.69) is 0 Å². The number of rotatable bonds is 5. The van der Waals surface area contributed by atoms with Crippen LogP contribution < -0.4 is 5.73 Å². The van der Waals surface area contributed by atoms with Gasteiger partial charge in [0.1, 0.15) is 0 Å². The third kappa shape index (κ3) is 4.07. The second-order valence-electron chi connectivity index (χ2n) is 4.34. The number of hydrogen-bond donors (Lipinski definition) is 2. The van der Waals surface area contributed by atoms with Crippen LogP contribution in [0.15, 0.2) is 0 Å². The number of nitrogens with two attached hydrogens (primary N) is 1. The molecule has 0 aliphatic heterocycles. The number of ether oxygens (including phenoxy) is 1. The molecule has 0 spiro atoms. The predicted molar refractivity (Wildman–Crippen MR) is 52.5 cm³/mol. The standard InChI is InChI=1S/C10H21NO2/c1-10(11,8-12)6-7-13-9-4-2-3-5-9/h9,12H,2-8,11H2,1H3. The first-order valence-corrected chi connectivity index (χ1v) is 5.15. The summed E-state index contributed by atoms with van der Waals surface area (Å²) in [6.45, 7) is 2.56. The van der Waals surface area contributed by atoms with E-state index in [0.29, 0.717) is 12.7 Å². The third-order valence-corrected chi connectivity index (χ3v) is 2.69. The molecule has 3 heteroatoms. The molecule has 0 aromatic rings. The molecule has 3 N–H and O–H groups in total. The van der Waals surface area contributed by atoms with E-state index in [4.69, 9.17) is 15.6 Å². The Morgan fingerprint density at radius 3 is 2.62 bits per heavy atom. The van der Waals surface area contributed by atoms with E-state index in [0.717, 1.165) is 6.42 Å². The van der Waals surface area contributed by atoms with E-state index in [1.54, 1.807) is 0 Å². The molecule has 1 fully saturated rings. The molecule has 78 valence electrons. The summed E-state index contributed by atoms with van der Waals surface area (Å²) >= 11 is 0. The molecule has 0 heterocycles. The van der Waals surface area contributed by atoms with E-state index in [-0.39, 0.29) is 6.61 Å². The van der Waals surface area contributed by atoms with Gasteiger partial charge in [-0.15, -0.1) is 0 Å². The molecule has 1 aliphatic rings. The van der Waals surface area contributed by atoms with Crippen molar-refractivity contribution in [2.75, 3.05) is 13.2 Å². The first-order chi connectivity index (χ1) is 6.14. The molecular formula is C10H21NO2. The van der Waals surface area contributed by atoms with Crippen LogP contribution in [0.4, 0.5) is 0 Å². The molecule has 1 unspecified atom stereocenters. The minimum atomic E-state index is -0.474. The van der Waals surface area contributed by atoms with Gasteiger partial charge in [-0.2, -0.15) is 0 Å². The Kier molecular flexibility index (Phi) is 4.16. The van der Waals surface area contributed by atoms with Crippen LogP contribution in [0.2, 0.25) is 0 Å². The van der Waals surface area contributed by atoms with E-state index >= 15 is 0 Å². The number of aliphatic hydroxyl groups is 1. The largest absolute Gasteiger partial charge is 0.394 e. The Balaban J connectivity index is 2.06. The van der Waals surface area contributed by atoms with Crippen LogP contribution in [0.3, 0.4) is 0 Å². The molecule has 3 nitrogen and oxygen atoms in total. The lowest BCUT2D eigenvalue weighted by molar-refractivity contribution is 0.0410. The molecule has 0 saturated heterocycles. The van der Waals surface area contributed by atoms with Crippen LogP contribution in [0.1, 0.15) is 39.0 Å². The van der Waals surface area contributed by atoms with Crippen LogP contribution in [0.25, 0.3) is 0 Å². The fourth-order valence-electron chi connectivity index (χ4n) is 1.59. The minimum absolute atomic E-state index is 0.0288. The molecule has 0 radical (unpaired) electrons. The molecule has 1 aliphatic carbocycles. The molecule has 1 saturated carbocycles. The molecule has 0 bridgehead atoms. The van der Waals surface area contributed by atoms with Crippen molar-refractivity contribution >= 4 is 0 Å². The average molecular weight is 187 g/mol. The summed E-state index contributed by atoms with van der Waals surface area (Å²) in [5.74, 6) is 0. The highest BCUT2D eigenvalue weighted by Crippen LogP contribution is 2.21. The molecule has 1 atom stereocenters. The predicted octanol–water partition coefficient (Wildman–Crippen LogP) is 1.05. The zero-order valence-electron chi connectivity index (χ0n) is 8.46. The van der Waals surface area contributed by atoms with E-state index < -0.39 is 5.54 Å². The number of aliphatic hydroxyl groups excluding tert-OH is 1. The smallest absolute Gasteiger partial charge is 0.0609 e. The van der Waals surface area contributed by atoms with Crippen LogP contribution in [-0.4, -0.2) is 30.0 Å². The van der Waals surface area contributed by atoms with Gasteiger partial charge in [0, 0.05) is 12.1 Å². The van der Waals surface area contributed by atoms with Gasteiger partial charge in [-0.3, -0.25) is 0 Å². The van der Waals surface area contributed by atoms with Gasteiger partial charge in [-0.05, 0) is 26.2 Å². The van der Waals surface area contributed by atoms with Crippen molar-refractivity contribution in [1.82, 2.24) is 0 Å². The van der Waals surface area contributed by atoms with E-state index in [1.807, 2.05) is 6.92 Å². The lowest BCUT2D eigenvalue weighted by atomic mass is 10.0. The van der Waals surface area contributed by atoms with Gasteiger partial charge < -0.3 is 15.6 Å². The Hall–Kier alpha value is -0.120. The normalized spacial score (nSPS) is 23.3. The van der Waals surface area contributed by atoms with Crippen molar-refractivity contribution in [1.29, 1.82) is 0 Å². The Labute approximate surface area is 80.3 Å². The highest BCUT2D eigenvalue weighted by molar-refractivity contribution is 4.77. The van der Waals surface area contributed by atoms with Gasteiger partial charge in [0.2, 0.25) is 0 Å². The first-order valence-electron chi connectivity index (χ1n) is 5.15. The lowest BCUT2D eigenvalue weighted by Gasteiger charge is -2.22. The zero-order chi connectivity index (χ0) is 9.73. The van der Waals surface area contributed by atoms with Crippen LogP contribution in [0, 0.1) is 0 Å². The van der Waals surface area contributed by atoms with Gasteiger partial charge in [-0.1, -0.05) is 12.8 Å². The van der Waals surface area contributed by atoms with E-state index in [1.165, 1.54) is 25.7 Å². The van der Waals surface area contributed by atoms with Gasteiger partial charge in [-0.25, -0.2) is 0 Å². The third-order valence-electron chi connectivity index (χ3n) is 2.69. The summed E-state index contributed by atoms with van der Waals surface area (Å²) in [6.07, 6.45) is 6.17. The summed E-state index contributed by atoms with van der Waals surface area (Å²) in [5, 5.41) is 8.91. The monoisotopic (exact) mass is 187 g/mol. The van der Waals surface area contributed by atoms with Gasteiger partial charge in [0.05, 0.1) is 12.7 Å². The van der Waals surface area contributed by atoms with Crippen molar-refractivity contribution in [2.45, 2.75) is 50.7 Å². The topological polar surface area (TPSA) is 55.5 Å². The van der Waals surface area contributed by atoms with Crippen molar-refractivity contribution in [3.63, 3.8) is 0 Å². The molecular weight excluding hydrogens is 166 g/mol. The summed E-state index contributed by atoms with van der Waals surface area (Å²) in [6, 6.07) is 0. The Bertz CT molecular complexity index is 142. The average Bonchev–Trinajstić information content (AvgIpc) is 2.57. The fourth-order valence-corrected chi connectivity index (χ4v) is 1.59. The fraction of sp³-hybridized carbons (Fsp3) is 1.00. The molecule has 0 amide bonds. The van der Waals surface area contributed by atoms with Crippen molar-refractivity contribution in [3.8, 4) is 0 Å². The van der Waals surface area contributed by atoms with Crippen molar-refractivity contribution < 1.29 is 9.84 Å². The first kappa shape index (κ1) is 11.0. The second kappa shape index (κ2) is 4.94. The minimum Gasteiger partial charge on any atom is -0.394 e. The van der Waals surface area contributed by atoms with Crippen LogP contribution in [-0.2, 0) is 4.74 Å². The number of hydrogen-bond acceptors (Lipinski definition) is 3. The lowest BCUT2D eigenvalue weighted by Crippen LogP contribution is -2.41. The van der Waals surface area contributed by atoms with Crippen molar-refractivity contribution in [2.24, 2.45) is 5.73 Å². The van der Waals surface area contributed by atoms with Gasteiger partial charge >= 0.3 is 0 Å². The maximum Gasteiger partial charge on any atom is 0.0609 e. The SMILES string of the molecule is CC(N)(CO)CCOC1CCCC1.